The van der Waals surface area contributed by atoms with Crippen LogP contribution >= 0.6 is 0 Å². The maximum absolute atomic E-state index is 12.5. The highest BCUT2D eigenvalue weighted by Crippen LogP contribution is 2.14. The number of fused-ring (bicyclic) bond motifs is 1. The Bertz CT molecular complexity index is 577. The number of aromatic nitrogens is 2. The van der Waals surface area contributed by atoms with Crippen molar-refractivity contribution in [2.45, 2.75) is 13.0 Å². The molecular weight excluding hydrogens is 228 g/mol. The number of rotatable bonds is 1. The second-order valence-electron chi connectivity index (χ2n) is 4.70. The van der Waals surface area contributed by atoms with Crippen LogP contribution in [0, 0.1) is 0 Å². The minimum atomic E-state index is 0.0737. The van der Waals surface area contributed by atoms with Crippen LogP contribution in [0.3, 0.4) is 0 Å². The molecule has 18 heavy (non-hydrogen) atoms. The standard InChI is InChI=1S/C13H16N4O/c1-10-9-16(7-5-14-10)13(18)11-8-15-17-6-3-2-4-12(11)17/h2-4,6,8,10,14H,5,7,9H2,1H3. The zero-order valence-electron chi connectivity index (χ0n) is 10.3. The fraction of sp³-hybridized carbons (Fsp3) is 0.385. The normalized spacial score (nSPS) is 20.3. The number of hydrogen-bond acceptors (Lipinski definition) is 3. The van der Waals surface area contributed by atoms with E-state index in [1.807, 2.05) is 29.3 Å². The Kier molecular flexibility index (Phi) is 2.76. The van der Waals surface area contributed by atoms with Crippen LogP contribution in [0.4, 0.5) is 0 Å². The summed E-state index contributed by atoms with van der Waals surface area (Å²) >= 11 is 0. The summed E-state index contributed by atoms with van der Waals surface area (Å²) in [6, 6.07) is 6.10. The molecule has 1 atom stereocenters. The van der Waals surface area contributed by atoms with Crippen LogP contribution in [-0.4, -0.2) is 46.1 Å². The third kappa shape index (κ3) is 1.86. The summed E-state index contributed by atoms with van der Waals surface area (Å²) in [5.41, 5.74) is 1.55. The SMILES string of the molecule is CC1CN(C(=O)c2cnn3ccccc23)CCN1. The molecule has 0 radical (unpaired) electrons. The van der Waals surface area contributed by atoms with Gasteiger partial charge in [-0.3, -0.25) is 4.79 Å². The second-order valence-corrected chi connectivity index (χ2v) is 4.70. The van der Waals surface area contributed by atoms with Crippen molar-refractivity contribution < 1.29 is 4.79 Å². The van der Waals surface area contributed by atoms with Crippen LogP contribution < -0.4 is 5.32 Å². The van der Waals surface area contributed by atoms with E-state index in [0.29, 0.717) is 11.6 Å². The van der Waals surface area contributed by atoms with E-state index in [1.165, 1.54) is 0 Å². The Balaban J connectivity index is 1.92. The van der Waals surface area contributed by atoms with Crippen LogP contribution in [0.1, 0.15) is 17.3 Å². The van der Waals surface area contributed by atoms with Gasteiger partial charge in [0.25, 0.3) is 5.91 Å². The first-order chi connectivity index (χ1) is 8.75. The number of piperazine rings is 1. The number of carbonyl (C=O) groups is 1. The summed E-state index contributed by atoms with van der Waals surface area (Å²) in [5, 5.41) is 7.54. The van der Waals surface area contributed by atoms with Gasteiger partial charge >= 0.3 is 0 Å². The summed E-state index contributed by atoms with van der Waals surface area (Å²) in [7, 11) is 0. The van der Waals surface area contributed by atoms with Crippen LogP contribution in [-0.2, 0) is 0 Å². The first-order valence-corrected chi connectivity index (χ1v) is 6.21. The van der Waals surface area contributed by atoms with Crippen molar-refractivity contribution in [1.29, 1.82) is 0 Å². The Morgan fingerprint density at radius 3 is 3.22 bits per heavy atom. The zero-order chi connectivity index (χ0) is 12.5. The van der Waals surface area contributed by atoms with Crippen LogP contribution in [0.15, 0.2) is 30.6 Å². The number of carbonyl (C=O) groups excluding carboxylic acids is 1. The van der Waals surface area contributed by atoms with Crippen LogP contribution in [0.2, 0.25) is 0 Å². The average molecular weight is 244 g/mol. The number of nitrogens with zero attached hydrogens (tertiary/aromatic N) is 3. The molecule has 3 heterocycles. The van der Waals surface area contributed by atoms with Crippen molar-refractivity contribution in [3.05, 3.63) is 36.2 Å². The Morgan fingerprint density at radius 1 is 1.50 bits per heavy atom. The molecule has 1 unspecified atom stereocenters. The van der Waals surface area contributed by atoms with Crippen LogP contribution in [0.5, 0.6) is 0 Å². The molecule has 0 saturated carbocycles. The minimum Gasteiger partial charge on any atom is -0.336 e. The fourth-order valence-corrected chi connectivity index (χ4v) is 2.39. The highest BCUT2D eigenvalue weighted by molar-refractivity contribution is 6.00. The van der Waals surface area contributed by atoms with Gasteiger partial charge in [0.1, 0.15) is 0 Å². The van der Waals surface area contributed by atoms with E-state index in [1.54, 1.807) is 10.7 Å². The molecule has 1 aliphatic heterocycles. The van der Waals surface area contributed by atoms with E-state index in [9.17, 15) is 4.79 Å². The minimum absolute atomic E-state index is 0.0737. The third-order valence-corrected chi connectivity index (χ3v) is 3.31. The van der Waals surface area contributed by atoms with E-state index in [0.717, 1.165) is 25.2 Å². The molecule has 5 heteroatoms. The van der Waals surface area contributed by atoms with E-state index in [2.05, 4.69) is 17.3 Å². The molecule has 0 bridgehead atoms. The molecule has 1 aliphatic rings. The third-order valence-electron chi connectivity index (χ3n) is 3.31. The summed E-state index contributed by atoms with van der Waals surface area (Å²) in [6.45, 7) is 4.46. The molecule has 2 aromatic heterocycles. The zero-order valence-corrected chi connectivity index (χ0v) is 10.3. The number of nitrogens with one attached hydrogen (secondary N) is 1. The maximum Gasteiger partial charge on any atom is 0.257 e. The van der Waals surface area contributed by atoms with Crippen LogP contribution in [0.25, 0.3) is 5.52 Å². The predicted octanol–water partition coefficient (Wildman–Crippen LogP) is 0.768. The number of amides is 1. The molecule has 0 aromatic carbocycles. The highest BCUT2D eigenvalue weighted by Gasteiger charge is 2.23. The number of pyridine rings is 1. The smallest absolute Gasteiger partial charge is 0.257 e. The first kappa shape index (κ1) is 11.2. The lowest BCUT2D eigenvalue weighted by Gasteiger charge is -2.31. The Hall–Kier alpha value is -1.88. The molecule has 0 aliphatic carbocycles. The van der Waals surface area contributed by atoms with Gasteiger partial charge < -0.3 is 10.2 Å². The molecule has 5 nitrogen and oxygen atoms in total. The summed E-state index contributed by atoms with van der Waals surface area (Å²) in [4.78, 5) is 14.4. The highest BCUT2D eigenvalue weighted by atomic mass is 16.2. The lowest BCUT2D eigenvalue weighted by molar-refractivity contribution is 0.0711. The molecule has 1 fully saturated rings. The van der Waals surface area contributed by atoms with Gasteiger partial charge in [-0.1, -0.05) is 6.07 Å². The monoisotopic (exact) mass is 244 g/mol. The van der Waals surface area contributed by atoms with Gasteiger partial charge in [-0.15, -0.1) is 0 Å². The lowest BCUT2D eigenvalue weighted by Crippen LogP contribution is -2.51. The van der Waals surface area contributed by atoms with Crippen molar-refractivity contribution >= 4 is 11.4 Å². The lowest BCUT2D eigenvalue weighted by atomic mass is 10.2. The maximum atomic E-state index is 12.5. The fourth-order valence-electron chi connectivity index (χ4n) is 2.39. The van der Waals surface area contributed by atoms with E-state index in [-0.39, 0.29) is 5.91 Å². The van der Waals surface area contributed by atoms with E-state index >= 15 is 0 Å². The summed E-state index contributed by atoms with van der Waals surface area (Å²) < 4.78 is 1.73. The van der Waals surface area contributed by atoms with Gasteiger partial charge in [-0.2, -0.15) is 5.10 Å². The number of hydrogen-bond donors (Lipinski definition) is 1. The van der Waals surface area contributed by atoms with E-state index < -0.39 is 0 Å². The predicted molar refractivity (Wildman–Crippen MR) is 68.6 cm³/mol. The molecule has 2 aromatic rings. The van der Waals surface area contributed by atoms with Gasteiger partial charge in [0.05, 0.1) is 17.3 Å². The van der Waals surface area contributed by atoms with Crippen molar-refractivity contribution in [3.8, 4) is 0 Å². The summed E-state index contributed by atoms with van der Waals surface area (Å²) in [5.74, 6) is 0.0737. The summed E-state index contributed by atoms with van der Waals surface area (Å²) in [6.07, 6.45) is 3.51. The van der Waals surface area contributed by atoms with Gasteiger partial charge in [0.15, 0.2) is 0 Å². The van der Waals surface area contributed by atoms with Crippen molar-refractivity contribution in [1.82, 2.24) is 19.8 Å². The van der Waals surface area contributed by atoms with Crippen molar-refractivity contribution in [2.75, 3.05) is 19.6 Å². The molecule has 3 rings (SSSR count). The quantitative estimate of drug-likeness (QED) is 0.806. The van der Waals surface area contributed by atoms with Gasteiger partial charge in [-0.05, 0) is 19.1 Å². The van der Waals surface area contributed by atoms with Gasteiger partial charge in [0.2, 0.25) is 0 Å². The first-order valence-electron chi connectivity index (χ1n) is 6.21. The molecule has 1 saturated heterocycles. The van der Waals surface area contributed by atoms with Crippen molar-refractivity contribution in [2.24, 2.45) is 0 Å². The molecule has 1 N–H and O–H groups in total. The molecular formula is C13H16N4O. The Labute approximate surface area is 105 Å². The molecule has 94 valence electrons. The average Bonchev–Trinajstić information content (AvgIpc) is 2.82. The van der Waals surface area contributed by atoms with E-state index in [4.69, 9.17) is 0 Å². The largest absolute Gasteiger partial charge is 0.336 e. The Morgan fingerprint density at radius 2 is 2.39 bits per heavy atom. The second kappa shape index (κ2) is 4.42. The van der Waals surface area contributed by atoms with Gasteiger partial charge in [0, 0.05) is 31.9 Å². The topological polar surface area (TPSA) is 49.6 Å². The van der Waals surface area contributed by atoms with Gasteiger partial charge in [-0.25, -0.2) is 4.52 Å². The molecule has 1 amide bonds. The molecule has 0 spiro atoms. The van der Waals surface area contributed by atoms with Crippen molar-refractivity contribution in [3.63, 3.8) is 0 Å².